The van der Waals surface area contributed by atoms with Gasteiger partial charge in [0.1, 0.15) is 0 Å². The lowest BCUT2D eigenvalue weighted by Gasteiger charge is -2.12. The minimum atomic E-state index is -3.47. The molecule has 1 amide bonds. The maximum Gasteiger partial charge on any atom is 0.221 e. The largest absolute Gasteiger partial charge is 0.396 e. The summed E-state index contributed by atoms with van der Waals surface area (Å²) >= 11 is 0. The lowest BCUT2D eigenvalue weighted by atomic mass is 10.1. The molecule has 1 aliphatic carbocycles. The van der Waals surface area contributed by atoms with E-state index in [1.165, 1.54) is 12.1 Å². The summed E-state index contributed by atoms with van der Waals surface area (Å²) in [6.07, 6.45) is 0.161. The smallest absolute Gasteiger partial charge is 0.221 e. The fraction of sp³-hybridized carbons (Fsp3) is 0.533. The first-order chi connectivity index (χ1) is 10.4. The van der Waals surface area contributed by atoms with Gasteiger partial charge in [-0.25, -0.2) is 8.42 Å². The van der Waals surface area contributed by atoms with E-state index in [1.54, 1.807) is 18.2 Å². The number of nitrogens with one attached hydrogen (secondary N) is 1. The van der Waals surface area contributed by atoms with Gasteiger partial charge >= 0.3 is 0 Å². The van der Waals surface area contributed by atoms with Crippen LogP contribution in [0.15, 0.2) is 35.2 Å². The molecule has 2 rings (SSSR count). The number of rotatable bonds is 6. The van der Waals surface area contributed by atoms with Crippen LogP contribution in [-0.4, -0.2) is 49.0 Å². The number of carbonyl (C=O) groups excluding carboxylic acids is 1. The Morgan fingerprint density at radius 1 is 1.23 bits per heavy atom. The molecule has 1 saturated carbocycles. The molecule has 1 fully saturated rings. The fourth-order valence-corrected chi connectivity index (χ4v) is 3.95. The molecule has 1 aromatic carbocycles. The van der Waals surface area contributed by atoms with E-state index in [0.717, 1.165) is 0 Å². The quantitative estimate of drug-likeness (QED) is 0.687. The zero-order valence-electron chi connectivity index (χ0n) is 12.2. The summed E-state index contributed by atoms with van der Waals surface area (Å²) in [6, 6.07) is 7.82. The van der Waals surface area contributed by atoms with E-state index in [9.17, 15) is 18.3 Å². The average Bonchev–Trinajstić information content (AvgIpc) is 2.86. The molecule has 1 aromatic rings. The summed E-state index contributed by atoms with van der Waals surface area (Å²) in [7, 11) is -3.47. The van der Waals surface area contributed by atoms with Gasteiger partial charge in [0, 0.05) is 25.0 Å². The topological polar surface area (TPSA) is 104 Å². The van der Waals surface area contributed by atoms with E-state index in [1.807, 2.05) is 0 Å². The van der Waals surface area contributed by atoms with Crippen molar-refractivity contribution < 1.29 is 23.4 Å². The number of aliphatic hydroxyl groups excluding tert-OH is 2. The first-order valence-corrected chi connectivity index (χ1v) is 8.93. The Balaban J connectivity index is 1.84. The van der Waals surface area contributed by atoms with Gasteiger partial charge in [-0.2, -0.15) is 0 Å². The van der Waals surface area contributed by atoms with Crippen molar-refractivity contribution >= 4 is 15.7 Å². The maximum atomic E-state index is 12.1. The van der Waals surface area contributed by atoms with Crippen molar-refractivity contribution in [3.8, 4) is 0 Å². The van der Waals surface area contributed by atoms with Gasteiger partial charge < -0.3 is 15.5 Å². The predicted molar refractivity (Wildman–Crippen MR) is 80.9 cm³/mol. The van der Waals surface area contributed by atoms with E-state index in [0.29, 0.717) is 12.8 Å². The lowest BCUT2D eigenvalue weighted by molar-refractivity contribution is -0.121. The van der Waals surface area contributed by atoms with Gasteiger partial charge in [-0.15, -0.1) is 0 Å². The van der Waals surface area contributed by atoms with E-state index in [-0.39, 0.29) is 41.5 Å². The highest BCUT2D eigenvalue weighted by Crippen LogP contribution is 2.25. The minimum absolute atomic E-state index is 0.115. The van der Waals surface area contributed by atoms with Crippen molar-refractivity contribution in [2.45, 2.75) is 36.3 Å². The second kappa shape index (κ2) is 7.21. The molecular weight excluding hydrogens is 306 g/mol. The molecule has 0 radical (unpaired) electrons. The highest BCUT2D eigenvalue weighted by molar-refractivity contribution is 7.91. The number of aliphatic hydroxyl groups is 2. The number of sulfone groups is 1. The Bertz CT molecular complexity index is 602. The van der Waals surface area contributed by atoms with Crippen molar-refractivity contribution in [1.29, 1.82) is 0 Å². The molecule has 0 spiro atoms. The maximum absolute atomic E-state index is 12.1. The third-order valence-corrected chi connectivity index (χ3v) is 5.69. The highest BCUT2D eigenvalue weighted by Gasteiger charge is 2.33. The Hall–Kier alpha value is -1.44. The van der Waals surface area contributed by atoms with Crippen LogP contribution in [0.5, 0.6) is 0 Å². The normalized spacial score (nSPS) is 25.1. The van der Waals surface area contributed by atoms with Crippen LogP contribution >= 0.6 is 0 Å². The number of carbonyl (C=O) groups is 1. The monoisotopic (exact) mass is 327 g/mol. The van der Waals surface area contributed by atoms with Crippen molar-refractivity contribution in [2.24, 2.45) is 5.92 Å². The molecule has 22 heavy (non-hydrogen) atoms. The van der Waals surface area contributed by atoms with Gasteiger partial charge in [0.05, 0.1) is 16.8 Å². The molecule has 0 aliphatic heterocycles. The number of benzene rings is 1. The van der Waals surface area contributed by atoms with Crippen LogP contribution in [0.2, 0.25) is 0 Å². The third-order valence-electron chi connectivity index (χ3n) is 3.96. The molecular formula is C15H21NO5S. The van der Waals surface area contributed by atoms with Crippen LogP contribution in [0.3, 0.4) is 0 Å². The Kier molecular flexibility index (Phi) is 5.55. The van der Waals surface area contributed by atoms with Crippen molar-refractivity contribution in [3.05, 3.63) is 30.3 Å². The second-order valence-electron chi connectivity index (χ2n) is 5.63. The standard InChI is InChI=1S/C15H21NO5S/c17-10-11-8-12(9-14(11)18)16-15(19)6-7-22(20,21)13-4-2-1-3-5-13/h1-5,11-12,14,17-18H,6-10H2,(H,16,19)/t11-,12-,14-/m0/s1. The molecule has 0 heterocycles. The van der Waals surface area contributed by atoms with Crippen molar-refractivity contribution in [3.63, 3.8) is 0 Å². The minimum Gasteiger partial charge on any atom is -0.396 e. The average molecular weight is 327 g/mol. The van der Waals surface area contributed by atoms with E-state index in [4.69, 9.17) is 5.11 Å². The van der Waals surface area contributed by atoms with Gasteiger partial charge in [0.2, 0.25) is 5.91 Å². The fourth-order valence-electron chi connectivity index (χ4n) is 2.69. The second-order valence-corrected chi connectivity index (χ2v) is 7.74. The first kappa shape index (κ1) is 16.9. The molecule has 0 aromatic heterocycles. The molecule has 1 aliphatic rings. The molecule has 7 heteroatoms. The zero-order valence-corrected chi connectivity index (χ0v) is 13.0. The van der Waals surface area contributed by atoms with Crippen LogP contribution in [-0.2, 0) is 14.6 Å². The van der Waals surface area contributed by atoms with Crippen LogP contribution in [0.1, 0.15) is 19.3 Å². The summed E-state index contributed by atoms with van der Waals surface area (Å²) in [4.78, 5) is 12.1. The Morgan fingerprint density at radius 3 is 2.50 bits per heavy atom. The summed E-state index contributed by atoms with van der Waals surface area (Å²) in [5.41, 5.74) is 0. The van der Waals surface area contributed by atoms with Gasteiger partial charge in [-0.3, -0.25) is 4.79 Å². The van der Waals surface area contributed by atoms with Crippen molar-refractivity contribution in [1.82, 2.24) is 5.32 Å². The van der Waals surface area contributed by atoms with Crippen molar-refractivity contribution in [2.75, 3.05) is 12.4 Å². The molecule has 0 saturated heterocycles. The highest BCUT2D eigenvalue weighted by atomic mass is 32.2. The lowest BCUT2D eigenvalue weighted by Crippen LogP contribution is -2.34. The van der Waals surface area contributed by atoms with Crippen LogP contribution < -0.4 is 5.32 Å². The van der Waals surface area contributed by atoms with Crippen LogP contribution in [0.4, 0.5) is 0 Å². The number of hydrogen-bond acceptors (Lipinski definition) is 5. The van der Waals surface area contributed by atoms with E-state index >= 15 is 0 Å². The first-order valence-electron chi connectivity index (χ1n) is 7.28. The van der Waals surface area contributed by atoms with Gasteiger partial charge in [0.15, 0.2) is 9.84 Å². The summed E-state index contributed by atoms with van der Waals surface area (Å²) in [6.45, 7) is -0.115. The van der Waals surface area contributed by atoms with Gasteiger partial charge in [-0.1, -0.05) is 18.2 Å². The summed E-state index contributed by atoms with van der Waals surface area (Å²) < 4.78 is 24.1. The molecule has 3 atom stereocenters. The predicted octanol–water partition coefficient (Wildman–Crippen LogP) is 0.0984. The van der Waals surface area contributed by atoms with Crippen LogP contribution in [0.25, 0.3) is 0 Å². The van der Waals surface area contributed by atoms with Gasteiger partial charge in [0.25, 0.3) is 0 Å². The Morgan fingerprint density at radius 2 is 1.91 bits per heavy atom. The van der Waals surface area contributed by atoms with Crippen LogP contribution in [0, 0.1) is 5.92 Å². The van der Waals surface area contributed by atoms with Gasteiger partial charge in [-0.05, 0) is 25.0 Å². The number of hydrogen-bond donors (Lipinski definition) is 3. The molecule has 0 bridgehead atoms. The summed E-state index contributed by atoms with van der Waals surface area (Å²) in [5.74, 6) is -0.824. The Labute approximate surface area is 130 Å². The number of amides is 1. The SMILES string of the molecule is O=C(CCS(=O)(=O)c1ccccc1)N[C@H]1C[C@@H](CO)[C@@H](O)C1. The van der Waals surface area contributed by atoms with E-state index < -0.39 is 15.9 Å². The summed E-state index contributed by atoms with van der Waals surface area (Å²) in [5, 5.41) is 21.5. The molecule has 122 valence electrons. The van der Waals surface area contributed by atoms with E-state index in [2.05, 4.69) is 5.32 Å². The molecule has 6 nitrogen and oxygen atoms in total. The molecule has 0 unspecified atom stereocenters. The third kappa shape index (κ3) is 4.28. The zero-order chi connectivity index (χ0) is 16.2. The molecule has 3 N–H and O–H groups in total.